The minimum absolute atomic E-state index is 0.138. The number of likely N-dealkylation sites (N-methyl/N-ethyl adjacent to an activating group) is 1. The van der Waals surface area contributed by atoms with Crippen LogP contribution in [0.2, 0.25) is 0 Å². The van der Waals surface area contributed by atoms with Crippen LogP contribution >= 0.6 is 0 Å². The van der Waals surface area contributed by atoms with E-state index >= 15 is 0 Å². The number of ketones is 1. The number of methoxy groups -OCH3 is 1. The predicted octanol–water partition coefficient (Wildman–Crippen LogP) is 2.46. The van der Waals surface area contributed by atoms with Crippen molar-refractivity contribution in [1.29, 1.82) is 0 Å². The predicted molar refractivity (Wildman–Crippen MR) is 82.8 cm³/mol. The van der Waals surface area contributed by atoms with Gasteiger partial charge in [0.05, 0.1) is 19.9 Å². The number of hydrogen-bond acceptors (Lipinski definition) is 4. The lowest BCUT2D eigenvalue weighted by atomic mass is 9.97. The molecular weight excluding hydrogens is 266 g/mol. The molecule has 1 aromatic heterocycles. The molecule has 0 radical (unpaired) electrons. The molecule has 5 heteroatoms. The summed E-state index contributed by atoms with van der Waals surface area (Å²) in [6.07, 6.45) is 6.01. The largest absolute Gasteiger partial charge is 0.493 e. The van der Waals surface area contributed by atoms with Crippen LogP contribution in [0, 0.1) is 11.8 Å². The minimum atomic E-state index is 0.138. The molecule has 2 atom stereocenters. The second-order valence-corrected chi connectivity index (χ2v) is 6.24. The molecule has 0 amide bonds. The van der Waals surface area contributed by atoms with Gasteiger partial charge in [-0.25, -0.2) is 0 Å². The molecule has 0 aromatic carbocycles. The summed E-state index contributed by atoms with van der Waals surface area (Å²) < 4.78 is 7.15. The van der Waals surface area contributed by atoms with Gasteiger partial charge in [0, 0.05) is 12.5 Å². The van der Waals surface area contributed by atoms with Gasteiger partial charge in [-0.05, 0) is 39.3 Å². The number of carbonyl (C=O) groups is 1. The molecular formula is C16H27N3O2. The summed E-state index contributed by atoms with van der Waals surface area (Å²) in [5, 5.41) is 4.33. The lowest BCUT2D eigenvalue weighted by molar-refractivity contribution is 0.0904. The monoisotopic (exact) mass is 293 g/mol. The van der Waals surface area contributed by atoms with E-state index in [1.165, 1.54) is 12.8 Å². The number of hydrogen-bond donors (Lipinski definition) is 0. The second-order valence-electron chi connectivity index (χ2n) is 6.24. The number of Topliss-reactive ketones (excluding diaryl/α,β-unsaturated/α-hetero) is 1. The van der Waals surface area contributed by atoms with Crippen LogP contribution in [0.25, 0.3) is 0 Å². The van der Waals surface area contributed by atoms with Crippen molar-refractivity contribution < 1.29 is 9.53 Å². The van der Waals surface area contributed by atoms with Crippen molar-refractivity contribution >= 4 is 5.78 Å². The Morgan fingerprint density at radius 2 is 2.24 bits per heavy atom. The number of ether oxygens (including phenoxy) is 1. The van der Waals surface area contributed by atoms with Gasteiger partial charge in [0.1, 0.15) is 5.69 Å². The number of nitrogens with zero attached hydrogens (tertiary/aromatic N) is 3. The molecule has 0 bridgehead atoms. The van der Waals surface area contributed by atoms with E-state index in [0.717, 1.165) is 19.4 Å². The molecule has 1 saturated carbocycles. The summed E-state index contributed by atoms with van der Waals surface area (Å²) in [4.78, 5) is 14.9. The Hall–Kier alpha value is -1.36. The maximum Gasteiger partial charge on any atom is 0.187 e. The van der Waals surface area contributed by atoms with E-state index in [1.807, 2.05) is 14.1 Å². The average molecular weight is 293 g/mol. The van der Waals surface area contributed by atoms with Gasteiger partial charge < -0.3 is 9.64 Å². The smallest absolute Gasteiger partial charge is 0.187 e. The quantitative estimate of drug-likeness (QED) is 0.725. The van der Waals surface area contributed by atoms with E-state index in [-0.39, 0.29) is 11.7 Å². The van der Waals surface area contributed by atoms with Gasteiger partial charge in [0.15, 0.2) is 11.5 Å². The molecule has 2 rings (SSSR count). The zero-order valence-electron chi connectivity index (χ0n) is 13.6. The Labute approximate surface area is 127 Å². The van der Waals surface area contributed by atoms with Crippen molar-refractivity contribution in [2.75, 3.05) is 27.7 Å². The van der Waals surface area contributed by atoms with Gasteiger partial charge >= 0.3 is 0 Å². The van der Waals surface area contributed by atoms with Crippen molar-refractivity contribution in [2.45, 2.75) is 39.2 Å². The van der Waals surface area contributed by atoms with E-state index in [2.05, 4.69) is 16.9 Å². The fourth-order valence-electron chi connectivity index (χ4n) is 3.11. The first-order chi connectivity index (χ1) is 10.1. The third-order valence-electron chi connectivity index (χ3n) is 4.51. The van der Waals surface area contributed by atoms with Crippen LogP contribution in [0.5, 0.6) is 5.75 Å². The second kappa shape index (κ2) is 7.07. The highest BCUT2D eigenvalue weighted by molar-refractivity contribution is 5.98. The van der Waals surface area contributed by atoms with Gasteiger partial charge in [0.2, 0.25) is 0 Å². The number of aromatic nitrogens is 2. The van der Waals surface area contributed by atoms with Gasteiger partial charge in [-0.15, -0.1) is 0 Å². The lowest BCUT2D eigenvalue weighted by Gasteiger charge is -2.14. The summed E-state index contributed by atoms with van der Waals surface area (Å²) in [6.45, 7) is 3.77. The molecule has 1 aromatic rings. The summed E-state index contributed by atoms with van der Waals surface area (Å²) >= 11 is 0. The maximum absolute atomic E-state index is 12.9. The molecule has 0 N–H and O–H groups in total. The minimum Gasteiger partial charge on any atom is -0.493 e. The Morgan fingerprint density at radius 1 is 1.48 bits per heavy atom. The van der Waals surface area contributed by atoms with E-state index in [9.17, 15) is 4.79 Å². The highest BCUT2D eigenvalue weighted by Gasteiger charge is 2.33. The lowest BCUT2D eigenvalue weighted by Crippen LogP contribution is -2.23. The van der Waals surface area contributed by atoms with Crippen LogP contribution in [0.3, 0.4) is 0 Å². The molecule has 118 valence electrons. The first kappa shape index (κ1) is 16.0. The topological polar surface area (TPSA) is 47.4 Å². The first-order valence-corrected chi connectivity index (χ1v) is 7.85. The van der Waals surface area contributed by atoms with Crippen LogP contribution in [-0.2, 0) is 6.54 Å². The highest BCUT2D eigenvalue weighted by Crippen LogP contribution is 2.36. The molecule has 1 heterocycles. The van der Waals surface area contributed by atoms with Crippen LogP contribution < -0.4 is 4.74 Å². The first-order valence-electron chi connectivity index (χ1n) is 7.85. The molecule has 0 saturated heterocycles. The zero-order chi connectivity index (χ0) is 15.4. The standard InChI is InChI=1S/C16H27N3O2/c1-5-12-6-7-13(10-12)16(20)15-14(21-4)11-17-19(15)9-8-18(2)3/h11-13H,5-10H2,1-4H3. The molecule has 1 fully saturated rings. The number of rotatable bonds is 7. The van der Waals surface area contributed by atoms with Crippen molar-refractivity contribution in [2.24, 2.45) is 11.8 Å². The van der Waals surface area contributed by atoms with Crippen molar-refractivity contribution in [1.82, 2.24) is 14.7 Å². The third kappa shape index (κ3) is 3.64. The van der Waals surface area contributed by atoms with E-state index in [0.29, 0.717) is 23.9 Å². The maximum atomic E-state index is 12.9. The van der Waals surface area contributed by atoms with Crippen LogP contribution in [-0.4, -0.2) is 48.2 Å². The third-order valence-corrected chi connectivity index (χ3v) is 4.51. The van der Waals surface area contributed by atoms with Crippen LogP contribution in [0.4, 0.5) is 0 Å². The molecule has 1 aliphatic rings. The van der Waals surface area contributed by atoms with Gasteiger partial charge in [0.25, 0.3) is 0 Å². The summed E-state index contributed by atoms with van der Waals surface area (Å²) in [7, 11) is 5.64. The summed E-state index contributed by atoms with van der Waals surface area (Å²) in [5.41, 5.74) is 0.654. The molecule has 1 aliphatic carbocycles. The van der Waals surface area contributed by atoms with Crippen molar-refractivity contribution in [3.05, 3.63) is 11.9 Å². The highest BCUT2D eigenvalue weighted by atomic mass is 16.5. The number of carbonyl (C=O) groups excluding carboxylic acids is 1. The molecule has 2 unspecified atom stereocenters. The molecule has 21 heavy (non-hydrogen) atoms. The molecule has 5 nitrogen and oxygen atoms in total. The van der Waals surface area contributed by atoms with E-state index in [4.69, 9.17) is 4.74 Å². The average Bonchev–Trinajstić information content (AvgIpc) is 3.10. The van der Waals surface area contributed by atoms with Gasteiger partial charge in [-0.1, -0.05) is 13.3 Å². The zero-order valence-corrected chi connectivity index (χ0v) is 13.6. The normalized spacial score (nSPS) is 22.0. The molecule has 0 spiro atoms. The Bertz CT molecular complexity index is 482. The summed E-state index contributed by atoms with van der Waals surface area (Å²) in [6, 6.07) is 0. The Morgan fingerprint density at radius 3 is 2.81 bits per heavy atom. The van der Waals surface area contributed by atoms with E-state index in [1.54, 1.807) is 18.0 Å². The van der Waals surface area contributed by atoms with Gasteiger partial charge in [-0.3, -0.25) is 9.48 Å². The van der Waals surface area contributed by atoms with Crippen LogP contribution in [0.15, 0.2) is 6.20 Å². The van der Waals surface area contributed by atoms with Gasteiger partial charge in [-0.2, -0.15) is 5.10 Å². The SMILES string of the molecule is CCC1CCC(C(=O)c2c(OC)cnn2CCN(C)C)C1. The fraction of sp³-hybridized carbons (Fsp3) is 0.750. The summed E-state index contributed by atoms with van der Waals surface area (Å²) in [5.74, 6) is 1.65. The van der Waals surface area contributed by atoms with Crippen molar-refractivity contribution in [3.63, 3.8) is 0 Å². The Kier molecular flexibility index (Phi) is 5.39. The Balaban J connectivity index is 2.16. The van der Waals surface area contributed by atoms with Crippen LogP contribution in [0.1, 0.15) is 43.1 Å². The fourth-order valence-corrected chi connectivity index (χ4v) is 3.11. The molecule has 0 aliphatic heterocycles. The van der Waals surface area contributed by atoms with E-state index < -0.39 is 0 Å². The van der Waals surface area contributed by atoms with Crippen molar-refractivity contribution in [3.8, 4) is 5.75 Å².